The third-order valence-electron chi connectivity index (χ3n) is 4.25. The molecular formula is C15H25NO3. The molecule has 0 aromatic carbocycles. The first kappa shape index (κ1) is 14.4. The molecule has 1 saturated heterocycles. The van der Waals surface area contributed by atoms with E-state index in [1.165, 1.54) is 6.42 Å². The molecule has 19 heavy (non-hydrogen) atoms. The van der Waals surface area contributed by atoms with Gasteiger partial charge in [0.05, 0.1) is 6.54 Å². The van der Waals surface area contributed by atoms with Crippen molar-refractivity contribution in [1.29, 1.82) is 0 Å². The summed E-state index contributed by atoms with van der Waals surface area (Å²) in [6, 6.07) is 0. The zero-order valence-electron chi connectivity index (χ0n) is 12.3. The summed E-state index contributed by atoms with van der Waals surface area (Å²) in [5.74, 6) is 0.240. The molecule has 0 atom stereocenters. The smallest absolute Gasteiger partial charge is 0.410 e. The summed E-state index contributed by atoms with van der Waals surface area (Å²) in [6.07, 6.45) is 6.01. The van der Waals surface area contributed by atoms with E-state index >= 15 is 0 Å². The molecule has 2 aliphatic rings. The highest BCUT2D eigenvalue weighted by molar-refractivity contribution is 5.90. The van der Waals surface area contributed by atoms with Gasteiger partial charge in [-0.05, 0) is 40.0 Å². The number of hydrogen-bond acceptors (Lipinski definition) is 3. The quantitative estimate of drug-likeness (QED) is 0.677. The number of ketones is 1. The molecule has 0 N–H and O–H groups in total. The van der Waals surface area contributed by atoms with Crippen LogP contribution in [0.3, 0.4) is 0 Å². The lowest BCUT2D eigenvalue weighted by Crippen LogP contribution is -2.51. The monoisotopic (exact) mass is 267 g/mol. The third-order valence-corrected chi connectivity index (χ3v) is 4.25. The Morgan fingerprint density at radius 2 is 1.79 bits per heavy atom. The fourth-order valence-electron chi connectivity index (χ4n) is 3.15. The molecule has 1 aliphatic carbocycles. The highest BCUT2D eigenvalue weighted by atomic mass is 16.6. The first-order valence-corrected chi connectivity index (χ1v) is 7.34. The van der Waals surface area contributed by atoms with Gasteiger partial charge in [-0.3, -0.25) is 4.79 Å². The SMILES string of the molecule is CC(C)(C)OC(=O)N1CCC2(CCCCC2)C(=O)C1. The molecule has 2 rings (SSSR count). The van der Waals surface area contributed by atoms with Gasteiger partial charge < -0.3 is 9.64 Å². The number of rotatable bonds is 0. The van der Waals surface area contributed by atoms with E-state index in [1.54, 1.807) is 4.90 Å². The summed E-state index contributed by atoms with van der Waals surface area (Å²) in [6.45, 7) is 6.42. The van der Waals surface area contributed by atoms with Crippen molar-refractivity contribution in [3.63, 3.8) is 0 Å². The number of carbonyl (C=O) groups excluding carboxylic acids is 2. The molecule has 1 heterocycles. The molecule has 0 radical (unpaired) electrons. The van der Waals surface area contributed by atoms with Crippen LogP contribution >= 0.6 is 0 Å². The molecule has 4 heteroatoms. The lowest BCUT2D eigenvalue weighted by atomic mass is 9.67. The summed E-state index contributed by atoms with van der Waals surface area (Å²) < 4.78 is 5.34. The Labute approximate surface area is 115 Å². The number of amides is 1. The van der Waals surface area contributed by atoms with E-state index in [4.69, 9.17) is 4.74 Å². The first-order chi connectivity index (χ1) is 8.82. The van der Waals surface area contributed by atoms with Crippen LogP contribution in [0.25, 0.3) is 0 Å². The van der Waals surface area contributed by atoms with Crippen LogP contribution in [0.1, 0.15) is 59.3 Å². The maximum Gasteiger partial charge on any atom is 0.410 e. The third kappa shape index (κ3) is 3.28. The van der Waals surface area contributed by atoms with Gasteiger partial charge in [0.15, 0.2) is 5.78 Å². The van der Waals surface area contributed by atoms with E-state index in [1.807, 2.05) is 20.8 Å². The van der Waals surface area contributed by atoms with Crippen LogP contribution in [0.2, 0.25) is 0 Å². The largest absolute Gasteiger partial charge is 0.444 e. The summed E-state index contributed by atoms with van der Waals surface area (Å²) >= 11 is 0. The highest BCUT2D eigenvalue weighted by Gasteiger charge is 2.44. The van der Waals surface area contributed by atoms with Crippen molar-refractivity contribution in [2.75, 3.05) is 13.1 Å². The van der Waals surface area contributed by atoms with Gasteiger partial charge in [0.25, 0.3) is 0 Å². The number of likely N-dealkylation sites (tertiary alicyclic amines) is 1. The molecule has 1 amide bonds. The average molecular weight is 267 g/mol. The molecule has 108 valence electrons. The normalized spacial score (nSPS) is 23.5. The van der Waals surface area contributed by atoms with Crippen molar-refractivity contribution in [2.24, 2.45) is 5.41 Å². The molecule has 2 fully saturated rings. The Balaban J connectivity index is 1.96. The molecule has 1 spiro atoms. The number of ether oxygens (including phenoxy) is 1. The maximum absolute atomic E-state index is 12.4. The molecule has 0 unspecified atom stereocenters. The molecule has 1 saturated carbocycles. The van der Waals surface area contributed by atoms with E-state index in [-0.39, 0.29) is 23.8 Å². The average Bonchev–Trinajstić information content (AvgIpc) is 2.32. The number of piperidine rings is 1. The van der Waals surface area contributed by atoms with E-state index < -0.39 is 5.60 Å². The summed E-state index contributed by atoms with van der Waals surface area (Å²) in [7, 11) is 0. The van der Waals surface area contributed by atoms with Crippen molar-refractivity contribution in [2.45, 2.75) is 64.9 Å². The van der Waals surface area contributed by atoms with Crippen LogP contribution < -0.4 is 0 Å². The molecule has 0 aromatic heterocycles. The van der Waals surface area contributed by atoms with Gasteiger partial charge >= 0.3 is 6.09 Å². The zero-order chi connectivity index (χ0) is 14.1. The molecular weight excluding hydrogens is 242 g/mol. The van der Waals surface area contributed by atoms with Crippen LogP contribution in [0.5, 0.6) is 0 Å². The molecule has 0 bridgehead atoms. The number of nitrogens with zero attached hydrogens (tertiary/aromatic N) is 1. The standard InChI is InChI=1S/C15H25NO3/c1-14(2,3)19-13(18)16-10-9-15(12(17)11-16)7-5-4-6-8-15/h4-11H2,1-3H3. The second kappa shape index (κ2) is 5.14. The summed E-state index contributed by atoms with van der Waals surface area (Å²) in [4.78, 5) is 25.9. The van der Waals surface area contributed by atoms with Gasteiger partial charge in [-0.2, -0.15) is 0 Å². The Bertz CT molecular complexity index is 364. The molecule has 4 nitrogen and oxygen atoms in total. The van der Waals surface area contributed by atoms with Crippen LogP contribution in [0.4, 0.5) is 4.79 Å². The minimum Gasteiger partial charge on any atom is -0.444 e. The van der Waals surface area contributed by atoms with Gasteiger partial charge in [-0.25, -0.2) is 4.79 Å². The van der Waals surface area contributed by atoms with Crippen molar-refractivity contribution in [3.05, 3.63) is 0 Å². The predicted octanol–water partition coefficient (Wildman–Crippen LogP) is 3.15. The Kier molecular flexibility index (Phi) is 3.88. The highest BCUT2D eigenvalue weighted by Crippen LogP contribution is 2.42. The number of carbonyl (C=O) groups is 2. The van der Waals surface area contributed by atoms with Crippen LogP contribution in [-0.2, 0) is 9.53 Å². The van der Waals surface area contributed by atoms with E-state index in [0.29, 0.717) is 6.54 Å². The summed E-state index contributed by atoms with van der Waals surface area (Å²) in [5, 5.41) is 0. The Morgan fingerprint density at radius 3 is 2.32 bits per heavy atom. The minimum atomic E-state index is -0.500. The van der Waals surface area contributed by atoms with Crippen LogP contribution in [0.15, 0.2) is 0 Å². The molecule has 1 aliphatic heterocycles. The fraction of sp³-hybridized carbons (Fsp3) is 0.867. The molecule has 0 aromatic rings. The number of hydrogen-bond donors (Lipinski definition) is 0. The first-order valence-electron chi connectivity index (χ1n) is 7.34. The Morgan fingerprint density at radius 1 is 1.16 bits per heavy atom. The number of Topliss-reactive ketones (excluding diaryl/α,β-unsaturated/α-hetero) is 1. The topological polar surface area (TPSA) is 46.6 Å². The van der Waals surface area contributed by atoms with Gasteiger partial charge in [-0.1, -0.05) is 19.3 Å². The van der Waals surface area contributed by atoms with Gasteiger partial charge in [0.2, 0.25) is 0 Å². The minimum absolute atomic E-state index is 0.128. The van der Waals surface area contributed by atoms with E-state index in [0.717, 1.165) is 32.1 Å². The second-order valence-corrected chi connectivity index (χ2v) is 6.92. The zero-order valence-corrected chi connectivity index (χ0v) is 12.3. The van der Waals surface area contributed by atoms with E-state index in [2.05, 4.69) is 0 Å². The van der Waals surface area contributed by atoms with Gasteiger partial charge in [-0.15, -0.1) is 0 Å². The van der Waals surface area contributed by atoms with Crippen molar-refractivity contribution in [1.82, 2.24) is 4.90 Å². The second-order valence-electron chi connectivity index (χ2n) is 6.92. The lowest BCUT2D eigenvalue weighted by Gasteiger charge is -2.42. The van der Waals surface area contributed by atoms with E-state index in [9.17, 15) is 9.59 Å². The maximum atomic E-state index is 12.4. The van der Waals surface area contributed by atoms with Crippen molar-refractivity contribution in [3.8, 4) is 0 Å². The van der Waals surface area contributed by atoms with Crippen LogP contribution in [0, 0.1) is 5.41 Å². The Hall–Kier alpha value is -1.06. The van der Waals surface area contributed by atoms with Crippen molar-refractivity contribution >= 4 is 11.9 Å². The van der Waals surface area contributed by atoms with Gasteiger partial charge in [0, 0.05) is 12.0 Å². The fourth-order valence-corrected chi connectivity index (χ4v) is 3.15. The predicted molar refractivity (Wildman–Crippen MR) is 72.9 cm³/mol. The summed E-state index contributed by atoms with van der Waals surface area (Å²) in [5.41, 5.74) is -0.628. The van der Waals surface area contributed by atoms with Crippen molar-refractivity contribution < 1.29 is 14.3 Å². The van der Waals surface area contributed by atoms with Crippen LogP contribution in [-0.4, -0.2) is 35.5 Å². The lowest BCUT2D eigenvalue weighted by molar-refractivity contribution is -0.136. The van der Waals surface area contributed by atoms with Gasteiger partial charge in [0.1, 0.15) is 5.60 Å².